The predicted octanol–water partition coefficient (Wildman–Crippen LogP) is 4.62. The van der Waals surface area contributed by atoms with Gasteiger partial charge in [0.05, 0.1) is 25.2 Å². The SMILES string of the molecule is O=C1C[C@@H](OCc2ccccc2)[C@H](Cc2ccccc2)N1Cc1ccccc1. The zero-order valence-corrected chi connectivity index (χ0v) is 15.9. The van der Waals surface area contributed by atoms with E-state index in [2.05, 4.69) is 36.4 Å². The maximum absolute atomic E-state index is 12.8. The van der Waals surface area contributed by atoms with E-state index in [0.717, 1.165) is 17.5 Å². The number of carbonyl (C=O) groups excluding carboxylic acids is 1. The number of likely N-dealkylation sites (tertiary alicyclic amines) is 1. The van der Waals surface area contributed by atoms with Gasteiger partial charge in [-0.3, -0.25) is 4.79 Å². The molecule has 1 heterocycles. The van der Waals surface area contributed by atoms with E-state index in [1.54, 1.807) is 0 Å². The van der Waals surface area contributed by atoms with Crippen molar-refractivity contribution in [1.29, 1.82) is 0 Å². The van der Waals surface area contributed by atoms with Gasteiger partial charge in [0.15, 0.2) is 0 Å². The number of carbonyl (C=O) groups is 1. The number of ether oxygens (including phenoxy) is 1. The van der Waals surface area contributed by atoms with E-state index in [-0.39, 0.29) is 18.1 Å². The topological polar surface area (TPSA) is 29.5 Å². The molecule has 1 aliphatic rings. The van der Waals surface area contributed by atoms with Gasteiger partial charge < -0.3 is 9.64 Å². The normalized spacial score (nSPS) is 19.1. The van der Waals surface area contributed by atoms with Crippen molar-refractivity contribution >= 4 is 5.91 Å². The largest absolute Gasteiger partial charge is 0.371 e. The Labute approximate surface area is 166 Å². The molecule has 0 spiro atoms. The van der Waals surface area contributed by atoms with Gasteiger partial charge in [-0.2, -0.15) is 0 Å². The van der Waals surface area contributed by atoms with Crippen LogP contribution in [0.2, 0.25) is 0 Å². The summed E-state index contributed by atoms with van der Waals surface area (Å²) in [5, 5.41) is 0. The van der Waals surface area contributed by atoms with Gasteiger partial charge in [0.25, 0.3) is 0 Å². The highest BCUT2D eigenvalue weighted by molar-refractivity contribution is 5.80. The van der Waals surface area contributed by atoms with Gasteiger partial charge >= 0.3 is 0 Å². The molecule has 3 aromatic carbocycles. The van der Waals surface area contributed by atoms with Crippen molar-refractivity contribution < 1.29 is 9.53 Å². The highest BCUT2D eigenvalue weighted by Crippen LogP contribution is 2.28. The fourth-order valence-electron chi connectivity index (χ4n) is 3.84. The zero-order valence-electron chi connectivity index (χ0n) is 15.9. The second-order valence-electron chi connectivity index (χ2n) is 7.30. The molecule has 1 saturated heterocycles. The third-order valence-corrected chi connectivity index (χ3v) is 5.32. The smallest absolute Gasteiger partial charge is 0.225 e. The molecule has 0 bridgehead atoms. The van der Waals surface area contributed by atoms with Crippen LogP contribution in [0.1, 0.15) is 23.1 Å². The minimum absolute atomic E-state index is 0.0406. The van der Waals surface area contributed by atoms with Crippen molar-refractivity contribution in [1.82, 2.24) is 4.90 Å². The maximum Gasteiger partial charge on any atom is 0.225 e. The molecule has 4 rings (SSSR count). The van der Waals surface area contributed by atoms with E-state index >= 15 is 0 Å². The number of amides is 1. The van der Waals surface area contributed by atoms with Crippen molar-refractivity contribution in [2.24, 2.45) is 0 Å². The van der Waals surface area contributed by atoms with Gasteiger partial charge in [0.2, 0.25) is 5.91 Å². The van der Waals surface area contributed by atoms with Crippen LogP contribution in [-0.4, -0.2) is 23.0 Å². The summed E-state index contributed by atoms with van der Waals surface area (Å²) in [7, 11) is 0. The molecule has 0 aliphatic carbocycles. The lowest BCUT2D eigenvalue weighted by molar-refractivity contribution is -0.129. The first-order valence-corrected chi connectivity index (χ1v) is 9.82. The Morgan fingerprint density at radius 3 is 1.89 bits per heavy atom. The summed E-state index contributed by atoms with van der Waals surface area (Å²) in [5.74, 6) is 0.169. The molecule has 0 aromatic heterocycles. The molecule has 1 fully saturated rings. The Bertz CT molecular complexity index is 880. The summed E-state index contributed by atoms with van der Waals surface area (Å²) in [4.78, 5) is 14.8. The Balaban J connectivity index is 1.53. The van der Waals surface area contributed by atoms with Gasteiger partial charge in [-0.25, -0.2) is 0 Å². The first-order chi connectivity index (χ1) is 13.8. The van der Waals surface area contributed by atoms with E-state index in [0.29, 0.717) is 19.6 Å². The number of rotatable bonds is 7. The first-order valence-electron chi connectivity index (χ1n) is 9.82. The number of hydrogen-bond donors (Lipinski definition) is 0. The molecule has 28 heavy (non-hydrogen) atoms. The Kier molecular flexibility index (Phi) is 5.83. The number of hydrogen-bond acceptors (Lipinski definition) is 2. The average Bonchev–Trinajstić information content (AvgIpc) is 3.03. The fraction of sp³-hybridized carbons (Fsp3) is 0.240. The second kappa shape index (κ2) is 8.85. The van der Waals surface area contributed by atoms with E-state index in [9.17, 15) is 4.79 Å². The first kappa shape index (κ1) is 18.5. The van der Waals surface area contributed by atoms with Crippen molar-refractivity contribution in [2.45, 2.75) is 38.1 Å². The van der Waals surface area contributed by atoms with Crippen LogP contribution in [0.25, 0.3) is 0 Å². The van der Waals surface area contributed by atoms with Crippen LogP contribution < -0.4 is 0 Å². The third-order valence-electron chi connectivity index (χ3n) is 5.32. The summed E-state index contributed by atoms with van der Waals surface area (Å²) < 4.78 is 6.25. The molecule has 3 nitrogen and oxygen atoms in total. The lowest BCUT2D eigenvalue weighted by atomic mass is 10.0. The van der Waals surface area contributed by atoms with Gasteiger partial charge in [-0.05, 0) is 23.1 Å². The third kappa shape index (κ3) is 4.49. The Hall–Kier alpha value is -2.91. The summed E-state index contributed by atoms with van der Waals surface area (Å²) in [5.41, 5.74) is 3.51. The van der Waals surface area contributed by atoms with Crippen LogP contribution >= 0.6 is 0 Å². The van der Waals surface area contributed by atoms with E-state index < -0.39 is 0 Å². The summed E-state index contributed by atoms with van der Waals surface area (Å²) >= 11 is 0. The van der Waals surface area contributed by atoms with Gasteiger partial charge in [-0.1, -0.05) is 91.0 Å². The van der Waals surface area contributed by atoms with Crippen LogP contribution in [0, 0.1) is 0 Å². The minimum atomic E-state index is -0.100. The minimum Gasteiger partial charge on any atom is -0.371 e. The fourth-order valence-corrected chi connectivity index (χ4v) is 3.84. The molecule has 0 radical (unpaired) electrons. The van der Waals surface area contributed by atoms with Crippen molar-refractivity contribution in [2.75, 3.05) is 0 Å². The molecule has 3 aromatic rings. The zero-order chi connectivity index (χ0) is 19.2. The molecule has 0 unspecified atom stereocenters. The molecule has 0 saturated carbocycles. The lowest BCUT2D eigenvalue weighted by Crippen LogP contribution is -2.39. The van der Waals surface area contributed by atoms with Crippen LogP contribution in [0.5, 0.6) is 0 Å². The summed E-state index contributed by atoms with van der Waals surface area (Å²) in [6, 6.07) is 30.8. The second-order valence-corrected chi connectivity index (χ2v) is 7.30. The number of nitrogens with zero attached hydrogens (tertiary/aromatic N) is 1. The highest BCUT2D eigenvalue weighted by atomic mass is 16.5. The average molecular weight is 371 g/mol. The van der Waals surface area contributed by atoms with Gasteiger partial charge in [0, 0.05) is 6.54 Å². The van der Waals surface area contributed by atoms with Crippen LogP contribution in [0.15, 0.2) is 91.0 Å². The van der Waals surface area contributed by atoms with Crippen LogP contribution in [0.3, 0.4) is 0 Å². The molecular formula is C25H25NO2. The van der Waals surface area contributed by atoms with Gasteiger partial charge in [0.1, 0.15) is 0 Å². The predicted molar refractivity (Wildman–Crippen MR) is 111 cm³/mol. The van der Waals surface area contributed by atoms with Gasteiger partial charge in [-0.15, -0.1) is 0 Å². The monoisotopic (exact) mass is 371 g/mol. The van der Waals surface area contributed by atoms with Crippen LogP contribution in [0.4, 0.5) is 0 Å². The van der Waals surface area contributed by atoms with Crippen molar-refractivity contribution in [3.8, 4) is 0 Å². The quantitative estimate of drug-likeness (QED) is 0.607. The maximum atomic E-state index is 12.8. The molecule has 142 valence electrons. The molecule has 3 heteroatoms. The highest BCUT2D eigenvalue weighted by Gasteiger charge is 2.40. The van der Waals surface area contributed by atoms with Crippen molar-refractivity contribution in [3.63, 3.8) is 0 Å². The summed E-state index contributed by atoms with van der Waals surface area (Å²) in [6.45, 7) is 1.16. The molecule has 2 atom stereocenters. The van der Waals surface area contributed by atoms with E-state index in [1.807, 2.05) is 59.5 Å². The Morgan fingerprint density at radius 1 is 0.750 bits per heavy atom. The van der Waals surface area contributed by atoms with E-state index in [4.69, 9.17) is 4.74 Å². The van der Waals surface area contributed by atoms with E-state index in [1.165, 1.54) is 5.56 Å². The Morgan fingerprint density at radius 2 is 1.29 bits per heavy atom. The standard InChI is InChI=1S/C25H25NO2/c27-25-17-24(28-19-22-14-8-3-9-15-22)23(16-20-10-4-1-5-11-20)26(25)18-21-12-6-2-7-13-21/h1-15,23-24H,16-19H2/t23-,24+/m0/s1. The summed E-state index contributed by atoms with van der Waals surface area (Å²) in [6.07, 6.45) is 1.15. The molecule has 1 amide bonds. The number of benzene rings is 3. The molecule has 1 aliphatic heterocycles. The van der Waals surface area contributed by atoms with Crippen LogP contribution in [-0.2, 0) is 29.1 Å². The van der Waals surface area contributed by atoms with Crippen molar-refractivity contribution in [3.05, 3.63) is 108 Å². The molecular weight excluding hydrogens is 346 g/mol. The molecule has 0 N–H and O–H groups in total. The lowest BCUT2D eigenvalue weighted by Gasteiger charge is -2.28.